The first-order valence-electron chi connectivity index (χ1n) is 8.08. The molecule has 0 unspecified atom stereocenters. The van der Waals surface area contributed by atoms with Crippen molar-refractivity contribution in [2.24, 2.45) is 0 Å². The lowest BCUT2D eigenvalue weighted by Crippen LogP contribution is -2.26. The zero-order valence-electron chi connectivity index (χ0n) is 14.0. The van der Waals surface area contributed by atoms with Gasteiger partial charge in [0.15, 0.2) is 0 Å². The zero-order valence-corrected chi connectivity index (χ0v) is 14.0. The standard InChI is InChI=1S/C19H15F4N3O/c20-17-10-14(6-7-16(17)19(21,22)23)18(27)24-9-8-13-11-25-26(12-13)15-4-2-1-3-5-15/h1-7,10-12H,8-9H2,(H,24,27). The maximum absolute atomic E-state index is 13.5. The topological polar surface area (TPSA) is 46.9 Å². The van der Waals surface area contributed by atoms with Crippen molar-refractivity contribution in [1.29, 1.82) is 0 Å². The van der Waals surface area contributed by atoms with Crippen molar-refractivity contribution in [3.8, 4) is 5.69 Å². The Balaban J connectivity index is 1.57. The number of aromatic nitrogens is 2. The molecule has 0 aliphatic rings. The molecule has 2 aromatic carbocycles. The normalized spacial score (nSPS) is 11.4. The second-order valence-electron chi connectivity index (χ2n) is 5.83. The summed E-state index contributed by atoms with van der Waals surface area (Å²) in [5.74, 6) is -2.11. The highest BCUT2D eigenvalue weighted by atomic mass is 19.4. The fraction of sp³-hybridized carbons (Fsp3) is 0.158. The van der Waals surface area contributed by atoms with Crippen LogP contribution < -0.4 is 5.32 Å². The van der Waals surface area contributed by atoms with Gasteiger partial charge >= 0.3 is 6.18 Å². The van der Waals surface area contributed by atoms with Gasteiger partial charge in [-0.1, -0.05) is 18.2 Å². The van der Waals surface area contributed by atoms with Gasteiger partial charge in [-0.3, -0.25) is 4.79 Å². The Hall–Kier alpha value is -3.16. The van der Waals surface area contributed by atoms with Crippen LogP contribution >= 0.6 is 0 Å². The number of hydrogen-bond acceptors (Lipinski definition) is 2. The van der Waals surface area contributed by atoms with E-state index in [-0.39, 0.29) is 12.1 Å². The lowest BCUT2D eigenvalue weighted by Gasteiger charge is -2.09. The van der Waals surface area contributed by atoms with E-state index in [1.807, 2.05) is 36.5 Å². The van der Waals surface area contributed by atoms with Crippen molar-refractivity contribution in [1.82, 2.24) is 15.1 Å². The maximum atomic E-state index is 13.5. The molecule has 3 aromatic rings. The molecule has 3 rings (SSSR count). The Labute approximate surface area is 152 Å². The molecule has 27 heavy (non-hydrogen) atoms. The molecule has 1 aromatic heterocycles. The molecule has 4 nitrogen and oxygen atoms in total. The van der Waals surface area contributed by atoms with Crippen LogP contribution in [0.15, 0.2) is 60.9 Å². The molecule has 0 aliphatic carbocycles. The fourth-order valence-corrected chi connectivity index (χ4v) is 2.52. The van der Waals surface area contributed by atoms with Crippen LogP contribution in [0.3, 0.4) is 0 Å². The predicted octanol–water partition coefficient (Wildman–Crippen LogP) is 4.00. The van der Waals surface area contributed by atoms with Gasteiger partial charge in [-0.05, 0) is 42.3 Å². The van der Waals surface area contributed by atoms with E-state index < -0.39 is 23.5 Å². The summed E-state index contributed by atoms with van der Waals surface area (Å²) < 4.78 is 52.9. The summed E-state index contributed by atoms with van der Waals surface area (Å²) in [7, 11) is 0. The van der Waals surface area contributed by atoms with Gasteiger partial charge in [-0.25, -0.2) is 9.07 Å². The lowest BCUT2D eigenvalue weighted by molar-refractivity contribution is -0.140. The smallest absolute Gasteiger partial charge is 0.352 e. The quantitative estimate of drug-likeness (QED) is 0.683. The van der Waals surface area contributed by atoms with E-state index in [0.29, 0.717) is 18.6 Å². The lowest BCUT2D eigenvalue weighted by atomic mass is 10.1. The van der Waals surface area contributed by atoms with Gasteiger partial charge in [-0.2, -0.15) is 18.3 Å². The zero-order chi connectivity index (χ0) is 19.4. The van der Waals surface area contributed by atoms with Crippen LogP contribution in [-0.4, -0.2) is 22.2 Å². The van der Waals surface area contributed by atoms with E-state index in [2.05, 4.69) is 10.4 Å². The average molecular weight is 377 g/mol. The number of nitrogens with zero attached hydrogens (tertiary/aromatic N) is 2. The Kier molecular flexibility index (Phi) is 5.25. The van der Waals surface area contributed by atoms with Crippen LogP contribution in [0.1, 0.15) is 21.5 Å². The summed E-state index contributed by atoms with van der Waals surface area (Å²) in [5, 5.41) is 6.79. The van der Waals surface area contributed by atoms with E-state index in [9.17, 15) is 22.4 Å². The molecule has 140 valence electrons. The number of amides is 1. The molecule has 0 bridgehead atoms. The van der Waals surface area contributed by atoms with Crippen molar-refractivity contribution >= 4 is 5.91 Å². The third kappa shape index (κ3) is 4.52. The monoisotopic (exact) mass is 377 g/mol. The Morgan fingerprint density at radius 2 is 1.85 bits per heavy atom. The van der Waals surface area contributed by atoms with Crippen LogP contribution in [0.4, 0.5) is 17.6 Å². The number of rotatable bonds is 5. The minimum absolute atomic E-state index is 0.166. The van der Waals surface area contributed by atoms with Crippen LogP contribution in [-0.2, 0) is 12.6 Å². The van der Waals surface area contributed by atoms with Crippen LogP contribution in [0.5, 0.6) is 0 Å². The van der Waals surface area contributed by atoms with E-state index in [1.54, 1.807) is 10.9 Å². The third-order valence-corrected chi connectivity index (χ3v) is 3.89. The highest BCUT2D eigenvalue weighted by Gasteiger charge is 2.34. The highest BCUT2D eigenvalue weighted by Crippen LogP contribution is 2.31. The number of benzene rings is 2. The minimum Gasteiger partial charge on any atom is -0.352 e. The average Bonchev–Trinajstić information content (AvgIpc) is 3.10. The van der Waals surface area contributed by atoms with Crippen LogP contribution in [0, 0.1) is 5.82 Å². The second kappa shape index (κ2) is 7.61. The van der Waals surface area contributed by atoms with Gasteiger partial charge in [0.2, 0.25) is 0 Å². The number of nitrogens with one attached hydrogen (secondary N) is 1. The van der Waals surface area contributed by atoms with Gasteiger partial charge in [0.1, 0.15) is 5.82 Å². The summed E-state index contributed by atoms with van der Waals surface area (Å²) >= 11 is 0. The Morgan fingerprint density at radius 1 is 1.11 bits per heavy atom. The number of alkyl halides is 3. The fourth-order valence-electron chi connectivity index (χ4n) is 2.52. The van der Waals surface area contributed by atoms with Crippen LogP contribution in [0.2, 0.25) is 0 Å². The van der Waals surface area contributed by atoms with Gasteiger partial charge in [0.25, 0.3) is 5.91 Å². The number of carbonyl (C=O) groups excluding carboxylic acids is 1. The van der Waals surface area contributed by atoms with Gasteiger partial charge < -0.3 is 5.32 Å². The number of para-hydroxylation sites is 1. The number of hydrogen-bond donors (Lipinski definition) is 1. The second-order valence-corrected chi connectivity index (χ2v) is 5.83. The van der Waals surface area contributed by atoms with Crippen molar-refractivity contribution in [3.05, 3.63) is 83.4 Å². The molecule has 0 aliphatic heterocycles. The molecular formula is C19H15F4N3O. The molecule has 0 fully saturated rings. The van der Waals surface area contributed by atoms with Crippen molar-refractivity contribution in [3.63, 3.8) is 0 Å². The first kappa shape index (κ1) is 18.6. The van der Waals surface area contributed by atoms with Crippen molar-refractivity contribution in [2.75, 3.05) is 6.54 Å². The summed E-state index contributed by atoms with van der Waals surface area (Å²) in [4.78, 5) is 12.0. The molecule has 0 spiro atoms. The summed E-state index contributed by atoms with van der Waals surface area (Å²) in [6.07, 6.45) is -0.837. The molecule has 8 heteroatoms. The summed E-state index contributed by atoms with van der Waals surface area (Å²) in [6, 6.07) is 11.6. The van der Waals surface area contributed by atoms with E-state index in [0.717, 1.165) is 17.3 Å². The van der Waals surface area contributed by atoms with Crippen molar-refractivity contribution < 1.29 is 22.4 Å². The molecule has 0 radical (unpaired) electrons. The molecule has 1 N–H and O–H groups in total. The predicted molar refractivity (Wildman–Crippen MR) is 91.0 cm³/mol. The molecule has 1 amide bonds. The van der Waals surface area contributed by atoms with Gasteiger partial charge in [-0.15, -0.1) is 0 Å². The van der Waals surface area contributed by atoms with Crippen molar-refractivity contribution in [2.45, 2.75) is 12.6 Å². The molecule has 0 saturated carbocycles. The first-order valence-corrected chi connectivity index (χ1v) is 8.08. The largest absolute Gasteiger partial charge is 0.419 e. The Bertz CT molecular complexity index is 936. The molecule has 0 atom stereocenters. The first-order chi connectivity index (χ1) is 12.8. The maximum Gasteiger partial charge on any atom is 0.419 e. The third-order valence-electron chi connectivity index (χ3n) is 3.89. The molecular weight excluding hydrogens is 362 g/mol. The van der Waals surface area contributed by atoms with Gasteiger partial charge in [0, 0.05) is 18.3 Å². The van der Waals surface area contributed by atoms with Crippen LogP contribution in [0.25, 0.3) is 5.69 Å². The Morgan fingerprint density at radius 3 is 2.52 bits per heavy atom. The molecule has 0 saturated heterocycles. The van der Waals surface area contributed by atoms with E-state index in [4.69, 9.17) is 0 Å². The summed E-state index contributed by atoms with van der Waals surface area (Å²) in [5.41, 5.74) is 0.207. The number of carbonyl (C=O) groups is 1. The SMILES string of the molecule is O=C(NCCc1cnn(-c2ccccc2)c1)c1ccc(C(F)(F)F)c(F)c1. The number of halogens is 4. The summed E-state index contributed by atoms with van der Waals surface area (Å²) in [6.45, 7) is 0.238. The van der Waals surface area contributed by atoms with Gasteiger partial charge in [0.05, 0.1) is 17.4 Å². The van der Waals surface area contributed by atoms with E-state index in [1.165, 1.54) is 0 Å². The van der Waals surface area contributed by atoms with E-state index >= 15 is 0 Å². The molecule has 1 heterocycles. The minimum atomic E-state index is -4.79. The highest BCUT2D eigenvalue weighted by molar-refractivity contribution is 5.94.